The highest BCUT2D eigenvalue weighted by Crippen LogP contribution is 2.35. The quantitative estimate of drug-likeness (QED) is 0.705. The summed E-state index contributed by atoms with van der Waals surface area (Å²) in [6, 6.07) is 13.5. The van der Waals surface area contributed by atoms with Gasteiger partial charge in [-0.25, -0.2) is 4.79 Å². The number of benzene rings is 2. The van der Waals surface area contributed by atoms with E-state index in [1.54, 1.807) is 0 Å². The first-order valence-corrected chi connectivity index (χ1v) is 9.68. The largest absolute Gasteiger partial charge is 0.326 e. The summed E-state index contributed by atoms with van der Waals surface area (Å²) >= 11 is 0. The lowest BCUT2D eigenvalue weighted by Gasteiger charge is -2.24. The van der Waals surface area contributed by atoms with Gasteiger partial charge in [-0.15, -0.1) is 0 Å². The van der Waals surface area contributed by atoms with Crippen LogP contribution in [0.3, 0.4) is 0 Å². The number of carbonyl (C=O) groups excluding carboxylic acids is 3. The summed E-state index contributed by atoms with van der Waals surface area (Å²) in [4.78, 5) is 36.7. The number of amides is 4. The van der Waals surface area contributed by atoms with Gasteiger partial charge in [-0.1, -0.05) is 30.3 Å². The van der Waals surface area contributed by atoms with Crippen LogP contribution in [0.4, 0.5) is 10.5 Å². The van der Waals surface area contributed by atoms with Gasteiger partial charge in [0, 0.05) is 18.5 Å². The minimum atomic E-state index is -0.885. The molecule has 2 aromatic carbocycles. The summed E-state index contributed by atoms with van der Waals surface area (Å²) < 4.78 is 0. The van der Waals surface area contributed by atoms with Crippen molar-refractivity contribution in [1.82, 2.24) is 10.6 Å². The van der Waals surface area contributed by atoms with Crippen molar-refractivity contribution in [3.05, 3.63) is 64.7 Å². The van der Waals surface area contributed by atoms with Gasteiger partial charge in [0.1, 0.15) is 5.54 Å². The number of anilines is 1. The summed E-state index contributed by atoms with van der Waals surface area (Å²) in [5.74, 6) is -0.408. The molecular formula is C22H21N3O3. The summed E-state index contributed by atoms with van der Waals surface area (Å²) in [6.07, 6.45) is 3.80. The summed E-state index contributed by atoms with van der Waals surface area (Å²) in [5.41, 5.74) is 4.24. The van der Waals surface area contributed by atoms with E-state index < -0.39 is 11.6 Å². The van der Waals surface area contributed by atoms with Crippen molar-refractivity contribution in [3.63, 3.8) is 0 Å². The van der Waals surface area contributed by atoms with E-state index >= 15 is 0 Å². The molecule has 2 atom stereocenters. The minimum Gasteiger partial charge on any atom is -0.326 e. The standard InChI is InChI=1S/C22H21N3O3/c26-19(18-7-3-5-13-4-1-2-6-17(13)18)23-16-9-8-14-11-22(12-15(14)10-16)20(27)24-21(28)25-22/h1-2,4,6,8-10,18H,3,5,7,11-12H2,(H,23,26)(H2,24,25,27,28). The van der Waals surface area contributed by atoms with E-state index in [0.29, 0.717) is 12.8 Å². The van der Waals surface area contributed by atoms with Crippen LogP contribution in [0.2, 0.25) is 0 Å². The number of nitrogens with one attached hydrogen (secondary N) is 3. The number of hydrogen-bond donors (Lipinski definition) is 3. The Hall–Kier alpha value is -3.15. The van der Waals surface area contributed by atoms with Gasteiger partial charge in [0.25, 0.3) is 5.91 Å². The van der Waals surface area contributed by atoms with Gasteiger partial charge in [0.05, 0.1) is 5.92 Å². The molecule has 0 aromatic heterocycles. The van der Waals surface area contributed by atoms with E-state index in [1.807, 2.05) is 36.4 Å². The molecule has 0 bridgehead atoms. The van der Waals surface area contributed by atoms with Crippen LogP contribution in [0, 0.1) is 0 Å². The van der Waals surface area contributed by atoms with Gasteiger partial charge in [0.15, 0.2) is 0 Å². The number of fused-ring (bicyclic) bond motifs is 2. The topological polar surface area (TPSA) is 87.3 Å². The van der Waals surface area contributed by atoms with Crippen LogP contribution in [0.5, 0.6) is 0 Å². The van der Waals surface area contributed by atoms with Crippen LogP contribution in [-0.4, -0.2) is 23.4 Å². The van der Waals surface area contributed by atoms with Crippen LogP contribution in [-0.2, 0) is 28.9 Å². The second-order valence-corrected chi connectivity index (χ2v) is 7.96. The molecule has 28 heavy (non-hydrogen) atoms. The van der Waals surface area contributed by atoms with Crippen LogP contribution in [0.1, 0.15) is 41.0 Å². The van der Waals surface area contributed by atoms with Gasteiger partial charge < -0.3 is 10.6 Å². The zero-order valence-electron chi connectivity index (χ0n) is 15.4. The number of rotatable bonds is 2. The van der Waals surface area contributed by atoms with E-state index in [-0.39, 0.29) is 17.7 Å². The third kappa shape index (κ3) is 2.68. The number of carbonyl (C=O) groups is 3. The van der Waals surface area contributed by atoms with E-state index in [0.717, 1.165) is 41.6 Å². The molecule has 3 N–H and O–H groups in total. The first kappa shape index (κ1) is 17.0. The Morgan fingerprint density at radius 1 is 1.04 bits per heavy atom. The van der Waals surface area contributed by atoms with Crippen LogP contribution >= 0.6 is 0 Å². The highest BCUT2D eigenvalue weighted by Gasteiger charge is 2.50. The maximum atomic E-state index is 12.9. The number of aryl methyl sites for hydroxylation is 1. The highest BCUT2D eigenvalue weighted by molar-refractivity contribution is 6.08. The molecule has 1 heterocycles. The molecule has 6 heteroatoms. The fourth-order valence-electron chi connectivity index (χ4n) is 4.79. The molecule has 6 nitrogen and oxygen atoms in total. The van der Waals surface area contributed by atoms with Crippen molar-refractivity contribution in [2.45, 2.75) is 43.6 Å². The molecule has 3 aliphatic rings. The van der Waals surface area contributed by atoms with E-state index in [9.17, 15) is 14.4 Å². The Morgan fingerprint density at radius 2 is 1.86 bits per heavy atom. The van der Waals surface area contributed by atoms with Gasteiger partial charge in [-0.2, -0.15) is 0 Å². The molecule has 2 unspecified atom stereocenters. The van der Waals surface area contributed by atoms with Crippen molar-refractivity contribution in [3.8, 4) is 0 Å². The van der Waals surface area contributed by atoms with Gasteiger partial charge in [0.2, 0.25) is 5.91 Å². The molecule has 4 amide bonds. The van der Waals surface area contributed by atoms with E-state index in [2.05, 4.69) is 22.0 Å². The van der Waals surface area contributed by atoms with Crippen molar-refractivity contribution < 1.29 is 14.4 Å². The van der Waals surface area contributed by atoms with Gasteiger partial charge in [-0.3, -0.25) is 14.9 Å². The molecular weight excluding hydrogens is 354 g/mol. The average molecular weight is 375 g/mol. The Kier molecular flexibility index (Phi) is 3.75. The lowest BCUT2D eigenvalue weighted by atomic mass is 9.82. The molecule has 1 saturated heterocycles. The molecule has 1 spiro atoms. The van der Waals surface area contributed by atoms with E-state index in [4.69, 9.17) is 0 Å². The third-order valence-corrected chi connectivity index (χ3v) is 6.16. The number of imide groups is 1. The molecule has 1 fully saturated rings. The normalized spacial score (nSPS) is 25.1. The molecule has 1 aliphatic heterocycles. The molecule has 142 valence electrons. The Bertz CT molecular complexity index is 1020. The van der Waals surface area contributed by atoms with Crippen LogP contribution < -0.4 is 16.0 Å². The predicted octanol–water partition coefficient (Wildman–Crippen LogP) is 2.42. The molecule has 2 aromatic rings. The predicted molar refractivity (Wildman–Crippen MR) is 104 cm³/mol. The monoisotopic (exact) mass is 375 g/mol. The Labute approximate surface area is 162 Å². The third-order valence-electron chi connectivity index (χ3n) is 6.16. The summed E-state index contributed by atoms with van der Waals surface area (Å²) in [5, 5.41) is 8.14. The minimum absolute atomic E-state index is 0.00622. The highest BCUT2D eigenvalue weighted by atomic mass is 16.2. The SMILES string of the molecule is O=C1NC(=O)C2(Cc3ccc(NC(=O)C4CCCc5ccccc54)cc3C2)N1. The molecule has 2 aliphatic carbocycles. The molecule has 0 saturated carbocycles. The first-order valence-electron chi connectivity index (χ1n) is 9.68. The second-order valence-electron chi connectivity index (χ2n) is 7.96. The zero-order chi connectivity index (χ0) is 19.3. The summed E-state index contributed by atoms with van der Waals surface area (Å²) in [6.45, 7) is 0. The first-order chi connectivity index (χ1) is 13.5. The average Bonchev–Trinajstić information content (AvgIpc) is 3.18. The van der Waals surface area contributed by atoms with Crippen LogP contribution in [0.15, 0.2) is 42.5 Å². The molecule has 0 radical (unpaired) electrons. The smallest absolute Gasteiger partial charge is 0.322 e. The van der Waals surface area contributed by atoms with Gasteiger partial charge in [-0.05, 0) is 53.6 Å². The van der Waals surface area contributed by atoms with E-state index in [1.165, 1.54) is 5.56 Å². The Balaban J connectivity index is 1.36. The van der Waals surface area contributed by atoms with Crippen molar-refractivity contribution in [1.29, 1.82) is 0 Å². The Morgan fingerprint density at radius 3 is 2.68 bits per heavy atom. The van der Waals surface area contributed by atoms with Crippen molar-refractivity contribution in [2.75, 3.05) is 5.32 Å². The zero-order valence-corrected chi connectivity index (χ0v) is 15.4. The second kappa shape index (κ2) is 6.19. The van der Waals surface area contributed by atoms with Crippen LogP contribution in [0.25, 0.3) is 0 Å². The lowest BCUT2D eigenvalue weighted by Crippen LogP contribution is -2.47. The van der Waals surface area contributed by atoms with Crippen molar-refractivity contribution in [2.24, 2.45) is 0 Å². The summed E-state index contributed by atoms with van der Waals surface area (Å²) in [7, 11) is 0. The fraction of sp³-hybridized carbons (Fsp3) is 0.318. The van der Waals surface area contributed by atoms with Crippen molar-refractivity contribution >= 4 is 23.5 Å². The molecule has 5 rings (SSSR count). The number of urea groups is 1. The van der Waals surface area contributed by atoms with Gasteiger partial charge >= 0.3 is 6.03 Å². The maximum Gasteiger partial charge on any atom is 0.322 e. The fourth-order valence-corrected chi connectivity index (χ4v) is 4.79. The number of hydrogen-bond acceptors (Lipinski definition) is 3. The maximum absolute atomic E-state index is 12.9. The lowest BCUT2D eigenvalue weighted by molar-refractivity contribution is -0.123.